The maximum atomic E-state index is 13.2. The number of anilines is 1. The second-order valence-corrected chi connectivity index (χ2v) is 8.32. The summed E-state index contributed by atoms with van der Waals surface area (Å²) in [6, 6.07) is 24.5. The second kappa shape index (κ2) is 9.13. The Labute approximate surface area is 207 Å². The first-order valence-corrected chi connectivity index (χ1v) is 11.2. The van der Waals surface area contributed by atoms with Gasteiger partial charge in [-0.25, -0.2) is 4.68 Å². The van der Waals surface area contributed by atoms with E-state index in [1.165, 1.54) is 4.90 Å². The van der Waals surface area contributed by atoms with E-state index in [4.69, 9.17) is 33.7 Å². The molecule has 1 saturated heterocycles. The summed E-state index contributed by atoms with van der Waals surface area (Å²) in [6.45, 7) is 0. The predicted octanol–water partition coefficient (Wildman–Crippen LogP) is 5.46. The third-order valence-corrected chi connectivity index (χ3v) is 5.96. The minimum Gasteiger partial charge on any atom is -0.495 e. The van der Waals surface area contributed by atoms with Crippen molar-refractivity contribution in [3.05, 3.63) is 101 Å². The molecule has 0 unspecified atom stereocenters. The first-order valence-electron chi connectivity index (χ1n) is 10.5. The number of carbonyl (C=O) groups excluding carboxylic acids is 1. The van der Waals surface area contributed by atoms with Crippen LogP contribution in [0.3, 0.4) is 0 Å². The van der Waals surface area contributed by atoms with Crippen molar-refractivity contribution in [2.24, 2.45) is 0 Å². The van der Waals surface area contributed by atoms with Crippen molar-refractivity contribution in [2.75, 3.05) is 12.0 Å². The summed E-state index contributed by atoms with van der Waals surface area (Å²) in [5.41, 5.74) is 4.15. The number of rotatable bonds is 5. The number of carbonyl (C=O) groups is 1. The number of aromatic nitrogens is 2. The molecule has 1 fully saturated rings. The number of nitrogens with one attached hydrogen (secondary N) is 1. The van der Waals surface area contributed by atoms with E-state index < -0.39 is 0 Å². The van der Waals surface area contributed by atoms with Crippen LogP contribution >= 0.6 is 23.8 Å². The number of ether oxygens (including phenoxy) is 1. The molecule has 1 amide bonds. The fraction of sp³-hybridized carbons (Fsp3) is 0.0385. The van der Waals surface area contributed by atoms with E-state index in [2.05, 4.69) is 5.32 Å². The molecule has 0 bridgehead atoms. The highest BCUT2D eigenvalue weighted by Crippen LogP contribution is 2.33. The summed E-state index contributed by atoms with van der Waals surface area (Å²) in [6.07, 6.45) is 3.64. The minimum atomic E-state index is -0.234. The molecule has 2 heterocycles. The lowest BCUT2D eigenvalue weighted by Gasteiger charge is -2.13. The molecule has 0 radical (unpaired) electrons. The van der Waals surface area contributed by atoms with Crippen LogP contribution in [0.5, 0.6) is 5.75 Å². The molecule has 34 heavy (non-hydrogen) atoms. The Hall–Kier alpha value is -3.94. The van der Waals surface area contributed by atoms with Crippen LogP contribution in [0.15, 0.2) is 90.8 Å². The number of hydrogen-bond acceptors (Lipinski definition) is 4. The van der Waals surface area contributed by atoms with Gasteiger partial charge in [0.15, 0.2) is 5.11 Å². The van der Waals surface area contributed by atoms with Crippen LogP contribution in [0.25, 0.3) is 23.0 Å². The zero-order chi connectivity index (χ0) is 23.7. The molecule has 6 nitrogen and oxygen atoms in total. The van der Waals surface area contributed by atoms with Gasteiger partial charge in [-0.2, -0.15) is 5.10 Å². The third-order valence-electron chi connectivity index (χ3n) is 5.38. The fourth-order valence-corrected chi connectivity index (χ4v) is 4.30. The van der Waals surface area contributed by atoms with E-state index in [9.17, 15) is 4.79 Å². The van der Waals surface area contributed by atoms with Crippen LogP contribution in [0.4, 0.5) is 5.69 Å². The van der Waals surface area contributed by atoms with E-state index in [1.54, 1.807) is 30.0 Å². The van der Waals surface area contributed by atoms with E-state index in [1.807, 2.05) is 72.9 Å². The third kappa shape index (κ3) is 4.07. The summed E-state index contributed by atoms with van der Waals surface area (Å²) >= 11 is 11.8. The first-order chi connectivity index (χ1) is 16.5. The molecule has 0 aliphatic carbocycles. The van der Waals surface area contributed by atoms with Crippen LogP contribution in [0.2, 0.25) is 5.02 Å². The Bertz CT molecular complexity index is 1420. The van der Waals surface area contributed by atoms with Crippen molar-refractivity contribution < 1.29 is 9.53 Å². The molecule has 3 aromatic carbocycles. The SMILES string of the molecule is COc1ccc(-c2nn(-c3ccccc3)cc2/C=C2\NC(=S)N(c3ccccc3)C2=O)cc1Cl. The summed E-state index contributed by atoms with van der Waals surface area (Å²) in [4.78, 5) is 14.7. The van der Waals surface area contributed by atoms with E-state index in [-0.39, 0.29) is 5.91 Å². The number of nitrogens with zero attached hydrogens (tertiary/aromatic N) is 3. The molecule has 1 aliphatic rings. The van der Waals surface area contributed by atoms with Crippen molar-refractivity contribution in [1.82, 2.24) is 15.1 Å². The number of methoxy groups -OCH3 is 1. The van der Waals surface area contributed by atoms with Crippen molar-refractivity contribution in [3.63, 3.8) is 0 Å². The van der Waals surface area contributed by atoms with Crippen molar-refractivity contribution >= 4 is 46.6 Å². The van der Waals surface area contributed by atoms with Gasteiger partial charge in [-0.05, 0) is 60.8 Å². The fourth-order valence-electron chi connectivity index (χ4n) is 3.75. The molecule has 5 rings (SSSR count). The van der Waals surface area contributed by atoms with Crippen molar-refractivity contribution in [1.29, 1.82) is 0 Å². The summed E-state index contributed by atoms with van der Waals surface area (Å²) in [7, 11) is 1.57. The molecular formula is C26H19ClN4O2S. The molecule has 4 aromatic rings. The number of thiocarbonyl (C=S) groups is 1. The molecule has 0 atom stereocenters. The molecule has 0 saturated carbocycles. The Morgan fingerprint density at radius 1 is 1.00 bits per heavy atom. The predicted molar refractivity (Wildman–Crippen MR) is 138 cm³/mol. The van der Waals surface area contributed by atoms with Gasteiger partial charge in [-0.15, -0.1) is 0 Å². The lowest BCUT2D eigenvalue weighted by atomic mass is 10.1. The lowest BCUT2D eigenvalue weighted by molar-refractivity contribution is -0.113. The Morgan fingerprint density at radius 2 is 1.68 bits per heavy atom. The smallest absolute Gasteiger partial charge is 0.281 e. The van der Waals surface area contributed by atoms with Crippen molar-refractivity contribution in [2.45, 2.75) is 0 Å². The molecule has 1 aliphatic heterocycles. The largest absolute Gasteiger partial charge is 0.495 e. The molecule has 0 spiro atoms. The van der Waals surface area contributed by atoms with Gasteiger partial charge in [-0.3, -0.25) is 9.69 Å². The van der Waals surface area contributed by atoms with E-state index >= 15 is 0 Å². The topological polar surface area (TPSA) is 59.4 Å². The van der Waals surface area contributed by atoms with Gasteiger partial charge in [-0.1, -0.05) is 48.0 Å². The minimum absolute atomic E-state index is 0.234. The number of benzene rings is 3. The van der Waals surface area contributed by atoms with E-state index in [0.717, 1.165) is 16.8 Å². The Balaban J connectivity index is 1.60. The van der Waals surface area contributed by atoms with Crippen LogP contribution in [-0.4, -0.2) is 27.9 Å². The van der Waals surface area contributed by atoms with Gasteiger partial charge in [0.2, 0.25) is 0 Å². The molecular weight excluding hydrogens is 468 g/mol. The average molecular weight is 487 g/mol. The number of para-hydroxylation sites is 2. The quantitative estimate of drug-likeness (QED) is 0.300. The first kappa shape index (κ1) is 21.9. The normalized spacial score (nSPS) is 14.5. The highest BCUT2D eigenvalue weighted by Gasteiger charge is 2.32. The standard InChI is InChI=1S/C26H19ClN4O2S/c1-33-23-13-12-17(14-21(23)27)24-18(16-30(29-24)19-8-4-2-5-9-19)15-22-25(32)31(26(34)28-22)20-10-6-3-7-11-20/h2-16H,1H3,(H,28,34)/b22-15-. The monoisotopic (exact) mass is 486 g/mol. The van der Waals surface area contributed by atoms with Gasteiger partial charge in [0, 0.05) is 17.3 Å². The maximum absolute atomic E-state index is 13.2. The Kier molecular flexibility index (Phi) is 5.88. The summed E-state index contributed by atoms with van der Waals surface area (Å²) in [5.74, 6) is 0.340. The highest BCUT2D eigenvalue weighted by atomic mass is 35.5. The average Bonchev–Trinajstić information content (AvgIpc) is 3.40. The lowest BCUT2D eigenvalue weighted by Crippen LogP contribution is -2.30. The molecule has 168 valence electrons. The summed E-state index contributed by atoms with van der Waals surface area (Å²) < 4.78 is 7.05. The van der Waals surface area contributed by atoms with Gasteiger partial charge >= 0.3 is 0 Å². The van der Waals surface area contributed by atoms with Gasteiger partial charge < -0.3 is 10.1 Å². The van der Waals surface area contributed by atoms with Crippen LogP contribution < -0.4 is 15.0 Å². The van der Waals surface area contributed by atoms with Crippen LogP contribution in [0.1, 0.15) is 5.56 Å². The number of amides is 1. The second-order valence-electron chi connectivity index (χ2n) is 7.53. The van der Waals surface area contributed by atoms with Crippen LogP contribution in [-0.2, 0) is 4.79 Å². The van der Waals surface area contributed by atoms with Crippen LogP contribution in [0, 0.1) is 0 Å². The summed E-state index contributed by atoms with van der Waals surface area (Å²) in [5, 5.41) is 8.64. The number of hydrogen-bond donors (Lipinski definition) is 1. The zero-order valence-corrected chi connectivity index (χ0v) is 19.7. The highest BCUT2D eigenvalue weighted by molar-refractivity contribution is 7.80. The van der Waals surface area contributed by atoms with E-state index in [0.29, 0.717) is 33.0 Å². The maximum Gasteiger partial charge on any atom is 0.281 e. The van der Waals surface area contributed by atoms with Crippen molar-refractivity contribution in [3.8, 4) is 22.7 Å². The van der Waals surface area contributed by atoms with Gasteiger partial charge in [0.05, 0.1) is 23.5 Å². The van der Waals surface area contributed by atoms with Gasteiger partial charge in [0.1, 0.15) is 17.1 Å². The molecule has 1 N–H and O–H groups in total. The molecule has 8 heteroatoms. The molecule has 1 aromatic heterocycles. The zero-order valence-electron chi connectivity index (χ0n) is 18.1. The van der Waals surface area contributed by atoms with Gasteiger partial charge in [0.25, 0.3) is 5.91 Å². The Morgan fingerprint density at radius 3 is 2.32 bits per heavy atom. The number of halogens is 1.